The summed E-state index contributed by atoms with van der Waals surface area (Å²) in [6.07, 6.45) is 1.46. The second kappa shape index (κ2) is 8.64. The summed E-state index contributed by atoms with van der Waals surface area (Å²) in [4.78, 5) is 15.1. The van der Waals surface area contributed by atoms with E-state index in [-0.39, 0.29) is 16.5 Å². The van der Waals surface area contributed by atoms with E-state index in [0.717, 1.165) is 29.7 Å². The molecular formula is C23H25N3O4S. The predicted molar refractivity (Wildman–Crippen MR) is 118 cm³/mol. The Hall–Kier alpha value is -2.97. The van der Waals surface area contributed by atoms with Crippen molar-refractivity contribution in [3.8, 4) is 11.3 Å². The Bertz CT molecular complexity index is 1180. The van der Waals surface area contributed by atoms with Gasteiger partial charge in [0.05, 0.1) is 4.90 Å². The number of nitrogens with zero attached hydrogens (tertiary/aromatic N) is 3. The van der Waals surface area contributed by atoms with Crippen LogP contribution in [0.1, 0.15) is 36.3 Å². The van der Waals surface area contributed by atoms with Gasteiger partial charge in [0, 0.05) is 37.0 Å². The molecule has 1 aliphatic heterocycles. The Kier molecular flexibility index (Phi) is 5.93. The smallest absolute Gasteiger partial charge is 0.280 e. The molecule has 1 aromatic heterocycles. The maximum atomic E-state index is 13.2. The standard InChI is InChI=1S/C23H25N3O4S/c1-3-25(4-2)31(28,29)19-12-13-21-18(15-19)11-8-14-26(21)23(27)20-16-22(30-24-20)17-9-6-5-7-10-17/h5-7,9-10,12-13,15-16H,3-4,8,11,14H2,1-2H3. The average Bonchev–Trinajstić information content (AvgIpc) is 3.29. The van der Waals surface area contributed by atoms with Gasteiger partial charge in [-0.3, -0.25) is 4.79 Å². The maximum absolute atomic E-state index is 13.2. The first kappa shape index (κ1) is 21.3. The third-order valence-corrected chi connectivity index (χ3v) is 7.59. The SMILES string of the molecule is CCN(CC)S(=O)(=O)c1ccc2c(c1)CCCN2C(=O)c1cc(-c2ccccc2)on1. The molecule has 0 N–H and O–H groups in total. The van der Waals surface area contributed by atoms with Gasteiger partial charge in [0.25, 0.3) is 5.91 Å². The highest BCUT2D eigenvalue weighted by Gasteiger charge is 2.29. The molecule has 3 aromatic rings. The monoisotopic (exact) mass is 439 g/mol. The number of carbonyl (C=O) groups is 1. The van der Waals surface area contributed by atoms with Crippen molar-refractivity contribution in [3.05, 3.63) is 65.9 Å². The molecule has 4 rings (SSSR count). The minimum Gasteiger partial charge on any atom is -0.355 e. The molecule has 0 atom stereocenters. The Balaban J connectivity index is 1.63. The quantitative estimate of drug-likeness (QED) is 0.580. The fraction of sp³-hybridized carbons (Fsp3) is 0.304. The van der Waals surface area contributed by atoms with Crippen LogP contribution in [0.4, 0.5) is 5.69 Å². The van der Waals surface area contributed by atoms with Crippen molar-refractivity contribution in [2.75, 3.05) is 24.5 Å². The number of sulfonamides is 1. The van der Waals surface area contributed by atoms with Gasteiger partial charge in [0.2, 0.25) is 10.0 Å². The molecule has 0 bridgehead atoms. The van der Waals surface area contributed by atoms with Crippen molar-refractivity contribution in [3.63, 3.8) is 0 Å². The molecule has 2 heterocycles. The minimum atomic E-state index is -3.55. The number of aryl methyl sites for hydroxylation is 1. The van der Waals surface area contributed by atoms with Crippen LogP contribution >= 0.6 is 0 Å². The van der Waals surface area contributed by atoms with E-state index in [2.05, 4.69) is 5.16 Å². The zero-order valence-electron chi connectivity index (χ0n) is 17.6. The number of hydrogen-bond acceptors (Lipinski definition) is 5. The van der Waals surface area contributed by atoms with Gasteiger partial charge in [0.1, 0.15) is 0 Å². The van der Waals surface area contributed by atoms with Crippen LogP contribution in [0.25, 0.3) is 11.3 Å². The van der Waals surface area contributed by atoms with Crippen molar-refractivity contribution >= 4 is 21.6 Å². The predicted octanol–water partition coefficient (Wildman–Crippen LogP) is 3.97. The minimum absolute atomic E-state index is 0.228. The second-order valence-corrected chi connectivity index (χ2v) is 9.32. The lowest BCUT2D eigenvalue weighted by Crippen LogP contribution is -2.36. The lowest BCUT2D eigenvalue weighted by Gasteiger charge is -2.29. The number of carbonyl (C=O) groups excluding carboxylic acids is 1. The number of anilines is 1. The fourth-order valence-electron chi connectivity index (χ4n) is 3.91. The molecule has 0 fully saturated rings. The van der Waals surface area contributed by atoms with Gasteiger partial charge in [-0.05, 0) is 36.6 Å². The molecule has 8 heteroatoms. The van der Waals surface area contributed by atoms with Gasteiger partial charge in [0.15, 0.2) is 11.5 Å². The first-order valence-corrected chi connectivity index (χ1v) is 11.9. The second-order valence-electron chi connectivity index (χ2n) is 7.38. The van der Waals surface area contributed by atoms with Crippen LogP contribution in [0.15, 0.2) is 64.0 Å². The topological polar surface area (TPSA) is 83.7 Å². The molecule has 0 radical (unpaired) electrons. The molecule has 0 unspecified atom stereocenters. The molecule has 1 amide bonds. The number of aromatic nitrogens is 1. The van der Waals surface area contributed by atoms with Gasteiger partial charge < -0.3 is 9.42 Å². The summed E-state index contributed by atoms with van der Waals surface area (Å²) in [5, 5.41) is 3.97. The molecule has 7 nitrogen and oxygen atoms in total. The largest absolute Gasteiger partial charge is 0.355 e. The highest BCUT2D eigenvalue weighted by atomic mass is 32.2. The fourth-order valence-corrected chi connectivity index (χ4v) is 5.42. The molecule has 0 spiro atoms. The normalized spacial score (nSPS) is 14.0. The summed E-state index contributed by atoms with van der Waals surface area (Å²) in [5.74, 6) is 0.271. The van der Waals surface area contributed by atoms with Crippen LogP contribution in [-0.4, -0.2) is 43.4 Å². The van der Waals surface area contributed by atoms with Crippen LogP contribution in [0.3, 0.4) is 0 Å². The van der Waals surface area contributed by atoms with Crippen molar-refractivity contribution < 1.29 is 17.7 Å². The van der Waals surface area contributed by atoms with E-state index in [1.807, 2.05) is 44.2 Å². The van der Waals surface area contributed by atoms with Crippen molar-refractivity contribution in [2.45, 2.75) is 31.6 Å². The Morgan fingerprint density at radius 2 is 1.84 bits per heavy atom. The molecule has 31 heavy (non-hydrogen) atoms. The van der Waals surface area contributed by atoms with Crippen molar-refractivity contribution in [1.29, 1.82) is 0 Å². The van der Waals surface area contributed by atoms with E-state index in [0.29, 0.717) is 25.4 Å². The van der Waals surface area contributed by atoms with Crippen molar-refractivity contribution in [2.24, 2.45) is 0 Å². The summed E-state index contributed by atoms with van der Waals surface area (Å²) in [5.41, 5.74) is 2.64. The number of fused-ring (bicyclic) bond motifs is 1. The van der Waals surface area contributed by atoms with Gasteiger partial charge in [-0.25, -0.2) is 8.42 Å². The molecular weight excluding hydrogens is 414 g/mol. The number of benzene rings is 2. The molecule has 0 saturated carbocycles. The van der Waals surface area contributed by atoms with Gasteiger partial charge >= 0.3 is 0 Å². The molecule has 0 aliphatic carbocycles. The number of amides is 1. The molecule has 0 saturated heterocycles. The first-order valence-electron chi connectivity index (χ1n) is 10.4. The van der Waals surface area contributed by atoms with Gasteiger partial charge in [-0.2, -0.15) is 4.31 Å². The zero-order valence-corrected chi connectivity index (χ0v) is 18.4. The van der Waals surface area contributed by atoms with Crippen LogP contribution < -0.4 is 4.90 Å². The average molecular weight is 440 g/mol. The van der Waals surface area contributed by atoms with Gasteiger partial charge in [-0.1, -0.05) is 49.3 Å². The highest BCUT2D eigenvalue weighted by Crippen LogP contribution is 2.32. The van der Waals surface area contributed by atoms with E-state index < -0.39 is 10.0 Å². The summed E-state index contributed by atoms with van der Waals surface area (Å²) >= 11 is 0. The lowest BCUT2D eigenvalue weighted by atomic mass is 10.0. The maximum Gasteiger partial charge on any atom is 0.280 e. The lowest BCUT2D eigenvalue weighted by molar-refractivity contribution is 0.0976. The van der Waals surface area contributed by atoms with Crippen LogP contribution in [0.2, 0.25) is 0 Å². The van der Waals surface area contributed by atoms with E-state index in [1.165, 1.54) is 4.31 Å². The van der Waals surface area contributed by atoms with Crippen molar-refractivity contribution in [1.82, 2.24) is 9.46 Å². The number of rotatable bonds is 6. The summed E-state index contributed by atoms with van der Waals surface area (Å²) in [6, 6.07) is 16.1. The van der Waals surface area contributed by atoms with E-state index in [1.54, 1.807) is 29.2 Å². The van der Waals surface area contributed by atoms with E-state index in [4.69, 9.17) is 4.52 Å². The highest BCUT2D eigenvalue weighted by molar-refractivity contribution is 7.89. The van der Waals surface area contributed by atoms with Crippen LogP contribution in [0.5, 0.6) is 0 Å². The van der Waals surface area contributed by atoms with E-state index >= 15 is 0 Å². The third kappa shape index (κ3) is 4.00. The zero-order chi connectivity index (χ0) is 22.0. The molecule has 2 aromatic carbocycles. The summed E-state index contributed by atoms with van der Waals surface area (Å²) in [7, 11) is -3.55. The Labute approximate surface area is 182 Å². The Morgan fingerprint density at radius 3 is 2.55 bits per heavy atom. The Morgan fingerprint density at radius 1 is 1.10 bits per heavy atom. The van der Waals surface area contributed by atoms with Crippen LogP contribution in [-0.2, 0) is 16.4 Å². The number of hydrogen-bond donors (Lipinski definition) is 0. The summed E-state index contributed by atoms with van der Waals surface area (Å²) < 4.78 is 32.6. The summed E-state index contributed by atoms with van der Waals surface area (Å²) in [6.45, 7) is 5.01. The van der Waals surface area contributed by atoms with E-state index in [9.17, 15) is 13.2 Å². The van der Waals surface area contributed by atoms with Crippen LogP contribution in [0, 0.1) is 0 Å². The molecule has 162 valence electrons. The third-order valence-electron chi connectivity index (χ3n) is 5.55. The van der Waals surface area contributed by atoms with Gasteiger partial charge in [-0.15, -0.1) is 0 Å². The molecule has 1 aliphatic rings. The first-order chi connectivity index (χ1) is 15.0.